The molecule has 0 radical (unpaired) electrons. The Morgan fingerprint density at radius 1 is 1.15 bits per heavy atom. The first kappa shape index (κ1) is 13.5. The molecule has 2 aliphatic rings. The fourth-order valence-electron chi connectivity index (χ4n) is 3.73. The van der Waals surface area contributed by atoms with Crippen LogP contribution in [0.4, 0.5) is 4.39 Å². The molecule has 1 saturated carbocycles. The van der Waals surface area contributed by atoms with Crippen molar-refractivity contribution in [3.05, 3.63) is 29.8 Å². The van der Waals surface area contributed by atoms with E-state index in [1.54, 1.807) is 12.1 Å². The van der Waals surface area contributed by atoms with Gasteiger partial charge in [0.15, 0.2) is 0 Å². The van der Waals surface area contributed by atoms with Crippen LogP contribution in [0.3, 0.4) is 0 Å². The second-order valence-electron chi connectivity index (χ2n) is 5.95. The van der Waals surface area contributed by atoms with Crippen LogP contribution in [0.2, 0.25) is 0 Å². The van der Waals surface area contributed by atoms with Crippen LogP contribution in [-0.4, -0.2) is 28.4 Å². The molecule has 1 unspecified atom stereocenters. The Hall–Kier alpha value is -1.45. The van der Waals surface area contributed by atoms with E-state index in [2.05, 4.69) is 4.98 Å². The van der Waals surface area contributed by atoms with Crippen molar-refractivity contribution in [1.82, 2.24) is 9.88 Å². The van der Waals surface area contributed by atoms with Crippen molar-refractivity contribution >= 4 is 5.91 Å². The lowest BCUT2D eigenvalue weighted by Crippen LogP contribution is -2.41. The Kier molecular flexibility index (Phi) is 3.99. The number of rotatable bonds is 2. The van der Waals surface area contributed by atoms with Crippen LogP contribution in [0.5, 0.6) is 0 Å². The molecule has 2 heterocycles. The van der Waals surface area contributed by atoms with Crippen molar-refractivity contribution in [3.63, 3.8) is 0 Å². The number of nitrogens with zero attached hydrogens (tertiary/aromatic N) is 2. The van der Waals surface area contributed by atoms with Gasteiger partial charge in [-0.25, -0.2) is 4.98 Å². The van der Waals surface area contributed by atoms with Gasteiger partial charge < -0.3 is 4.90 Å². The van der Waals surface area contributed by atoms with Gasteiger partial charge >= 0.3 is 0 Å². The quantitative estimate of drug-likeness (QED) is 0.776. The first-order valence-corrected chi connectivity index (χ1v) is 7.69. The molecule has 1 saturated heterocycles. The van der Waals surface area contributed by atoms with Crippen molar-refractivity contribution in [2.45, 2.75) is 51.0 Å². The van der Waals surface area contributed by atoms with Gasteiger partial charge in [-0.3, -0.25) is 4.79 Å². The minimum Gasteiger partial charge on any atom is -0.334 e. The summed E-state index contributed by atoms with van der Waals surface area (Å²) in [6, 6.07) is 4.79. The molecule has 1 aromatic heterocycles. The van der Waals surface area contributed by atoms with Crippen LogP contribution >= 0.6 is 0 Å². The monoisotopic (exact) mass is 276 g/mol. The van der Waals surface area contributed by atoms with Gasteiger partial charge in [0, 0.05) is 12.6 Å². The summed E-state index contributed by atoms with van der Waals surface area (Å²) in [6.07, 6.45) is 8.48. The van der Waals surface area contributed by atoms with E-state index in [0.29, 0.717) is 12.0 Å². The van der Waals surface area contributed by atoms with Gasteiger partial charge in [0.05, 0.1) is 0 Å². The zero-order chi connectivity index (χ0) is 13.9. The number of likely N-dealkylation sites (tertiary alicyclic amines) is 1. The summed E-state index contributed by atoms with van der Waals surface area (Å²) in [6.45, 7) is 0.790. The van der Waals surface area contributed by atoms with Crippen molar-refractivity contribution in [2.24, 2.45) is 5.92 Å². The third kappa shape index (κ3) is 2.69. The SMILES string of the molecule is O=C(c1cccc(F)n1)N1CCCC1C1CCCCC1. The molecule has 1 amide bonds. The van der Waals surface area contributed by atoms with E-state index in [1.165, 1.54) is 38.2 Å². The highest BCUT2D eigenvalue weighted by Crippen LogP contribution is 2.34. The first-order chi connectivity index (χ1) is 9.75. The van der Waals surface area contributed by atoms with Gasteiger partial charge in [0.25, 0.3) is 5.91 Å². The Bertz CT molecular complexity index is 485. The number of carbonyl (C=O) groups is 1. The maximum absolute atomic E-state index is 13.2. The lowest BCUT2D eigenvalue weighted by molar-refractivity contribution is 0.0654. The molecular weight excluding hydrogens is 255 g/mol. The van der Waals surface area contributed by atoms with E-state index in [1.807, 2.05) is 4.90 Å². The Labute approximate surface area is 119 Å². The first-order valence-electron chi connectivity index (χ1n) is 7.69. The third-order valence-electron chi connectivity index (χ3n) is 4.69. The average Bonchev–Trinajstić information content (AvgIpc) is 2.97. The zero-order valence-corrected chi connectivity index (χ0v) is 11.7. The fraction of sp³-hybridized carbons (Fsp3) is 0.625. The summed E-state index contributed by atoms with van der Waals surface area (Å²) in [7, 11) is 0. The summed E-state index contributed by atoms with van der Waals surface area (Å²) in [4.78, 5) is 18.2. The second-order valence-corrected chi connectivity index (χ2v) is 5.95. The highest BCUT2D eigenvalue weighted by atomic mass is 19.1. The molecule has 3 rings (SSSR count). The molecule has 2 fully saturated rings. The number of pyridine rings is 1. The molecule has 1 aliphatic heterocycles. The van der Waals surface area contributed by atoms with E-state index in [4.69, 9.17) is 0 Å². The standard InChI is InChI=1S/C16H21FN2O/c17-15-10-4-8-13(18-15)16(20)19-11-5-9-14(19)12-6-2-1-3-7-12/h4,8,10,12,14H,1-3,5-7,9,11H2. The van der Waals surface area contributed by atoms with E-state index in [-0.39, 0.29) is 11.6 Å². The lowest BCUT2D eigenvalue weighted by atomic mass is 9.83. The molecule has 20 heavy (non-hydrogen) atoms. The predicted octanol–water partition coefficient (Wildman–Crippen LogP) is 3.41. The summed E-state index contributed by atoms with van der Waals surface area (Å²) in [5.41, 5.74) is 0.243. The van der Waals surface area contributed by atoms with Gasteiger partial charge in [-0.05, 0) is 43.7 Å². The number of hydrogen-bond acceptors (Lipinski definition) is 2. The van der Waals surface area contributed by atoms with Gasteiger partial charge in [-0.15, -0.1) is 0 Å². The molecule has 1 aromatic rings. The van der Waals surface area contributed by atoms with E-state index < -0.39 is 5.95 Å². The van der Waals surface area contributed by atoms with Crippen molar-refractivity contribution < 1.29 is 9.18 Å². The Morgan fingerprint density at radius 3 is 2.70 bits per heavy atom. The summed E-state index contributed by atoms with van der Waals surface area (Å²) < 4.78 is 13.2. The number of hydrogen-bond donors (Lipinski definition) is 0. The molecule has 1 atom stereocenters. The maximum atomic E-state index is 13.2. The highest BCUT2D eigenvalue weighted by Gasteiger charge is 2.35. The van der Waals surface area contributed by atoms with Crippen molar-refractivity contribution in [1.29, 1.82) is 0 Å². The van der Waals surface area contributed by atoms with E-state index >= 15 is 0 Å². The molecule has 1 aliphatic carbocycles. The maximum Gasteiger partial charge on any atom is 0.272 e. The summed E-state index contributed by atoms with van der Waals surface area (Å²) in [5.74, 6) is -0.0504. The molecule has 3 nitrogen and oxygen atoms in total. The normalized spacial score (nSPS) is 24.1. The number of aromatic nitrogens is 1. The zero-order valence-electron chi connectivity index (χ0n) is 11.7. The molecule has 0 bridgehead atoms. The molecule has 108 valence electrons. The van der Waals surface area contributed by atoms with Gasteiger partial charge in [-0.2, -0.15) is 4.39 Å². The predicted molar refractivity (Wildman–Crippen MR) is 74.8 cm³/mol. The minimum absolute atomic E-state index is 0.0995. The van der Waals surface area contributed by atoms with Crippen LogP contribution in [-0.2, 0) is 0 Å². The fourth-order valence-corrected chi connectivity index (χ4v) is 3.73. The highest BCUT2D eigenvalue weighted by molar-refractivity contribution is 5.92. The van der Waals surface area contributed by atoms with E-state index in [9.17, 15) is 9.18 Å². The van der Waals surface area contributed by atoms with Crippen LogP contribution in [0.15, 0.2) is 18.2 Å². The van der Waals surface area contributed by atoms with Crippen LogP contribution in [0, 0.1) is 11.9 Å². The third-order valence-corrected chi connectivity index (χ3v) is 4.69. The number of amides is 1. The Balaban J connectivity index is 1.76. The Morgan fingerprint density at radius 2 is 1.95 bits per heavy atom. The van der Waals surface area contributed by atoms with Crippen molar-refractivity contribution in [3.8, 4) is 0 Å². The van der Waals surface area contributed by atoms with Gasteiger partial charge in [-0.1, -0.05) is 25.3 Å². The second kappa shape index (κ2) is 5.90. The summed E-state index contributed by atoms with van der Waals surface area (Å²) in [5, 5.41) is 0. The summed E-state index contributed by atoms with van der Waals surface area (Å²) >= 11 is 0. The largest absolute Gasteiger partial charge is 0.334 e. The average molecular weight is 276 g/mol. The minimum atomic E-state index is -0.579. The van der Waals surface area contributed by atoms with Crippen LogP contribution < -0.4 is 0 Å². The molecule has 0 spiro atoms. The van der Waals surface area contributed by atoms with E-state index in [0.717, 1.165) is 19.4 Å². The van der Waals surface area contributed by atoms with Gasteiger partial charge in [0.1, 0.15) is 5.69 Å². The van der Waals surface area contributed by atoms with Crippen LogP contribution in [0.25, 0.3) is 0 Å². The molecule has 0 N–H and O–H groups in total. The lowest BCUT2D eigenvalue weighted by Gasteiger charge is -2.33. The molecular formula is C16H21FN2O. The smallest absolute Gasteiger partial charge is 0.272 e. The molecule has 0 aromatic carbocycles. The topological polar surface area (TPSA) is 33.2 Å². The van der Waals surface area contributed by atoms with Crippen LogP contribution in [0.1, 0.15) is 55.4 Å². The number of carbonyl (C=O) groups excluding carboxylic acids is 1. The van der Waals surface area contributed by atoms with Crippen molar-refractivity contribution in [2.75, 3.05) is 6.54 Å². The molecule has 4 heteroatoms. The number of halogens is 1. The van der Waals surface area contributed by atoms with Gasteiger partial charge in [0.2, 0.25) is 5.95 Å².